The number of likely N-dealkylation sites (tertiary alicyclic amines) is 1. The van der Waals surface area contributed by atoms with E-state index in [0.29, 0.717) is 35.7 Å². The lowest BCUT2D eigenvalue weighted by molar-refractivity contribution is 0.0841. The van der Waals surface area contributed by atoms with Crippen molar-refractivity contribution in [1.29, 1.82) is 0 Å². The largest absolute Gasteiger partial charge is 0.497 e. The fourth-order valence-electron chi connectivity index (χ4n) is 4.42. The molecule has 3 aromatic carbocycles. The first kappa shape index (κ1) is 27.2. The second-order valence-electron chi connectivity index (χ2n) is 8.77. The van der Waals surface area contributed by atoms with Crippen LogP contribution in [0.2, 0.25) is 0 Å². The molecule has 0 bridgehead atoms. The van der Waals surface area contributed by atoms with Gasteiger partial charge < -0.3 is 20.3 Å². The van der Waals surface area contributed by atoms with Crippen molar-refractivity contribution >= 4 is 35.5 Å². The van der Waals surface area contributed by atoms with Gasteiger partial charge in [-0.05, 0) is 86.6 Å². The van der Waals surface area contributed by atoms with Crippen molar-refractivity contribution in [2.75, 3.05) is 43.9 Å². The Labute approximate surface area is 217 Å². The van der Waals surface area contributed by atoms with E-state index in [1.807, 2.05) is 24.3 Å². The quantitative estimate of drug-likeness (QED) is 0.337. The number of benzene rings is 3. The Morgan fingerprint density at radius 1 is 1.00 bits per heavy atom. The number of amides is 1. The van der Waals surface area contributed by atoms with Gasteiger partial charge in [-0.15, -0.1) is 12.4 Å². The van der Waals surface area contributed by atoms with Gasteiger partial charge >= 0.3 is 0 Å². The Bertz CT molecular complexity index is 1160. The molecule has 0 unspecified atom stereocenters. The van der Waals surface area contributed by atoms with Crippen LogP contribution in [0.3, 0.4) is 0 Å². The number of hydrogen-bond donors (Lipinski definition) is 1. The molecule has 2 N–H and O–H groups in total. The summed E-state index contributed by atoms with van der Waals surface area (Å²) in [7, 11) is 1.60. The summed E-state index contributed by atoms with van der Waals surface area (Å²) < 4.78 is 18.5. The third-order valence-electron chi connectivity index (χ3n) is 6.49. The molecule has 1 aliphatic heterocycles. The number of halogens is 2. The van der Waals surface area contributed by atoms with E-state index in [1.54, 1.807) is 48.4 Å². The molecule has 0 spiro atoms. The number of nitrogens with two attached hydrogens (primary N) is 1. The van der Waals surface area contributed by atoms with Gasteiger partial charge in [0.25, 0.3) is 5.91 Å². The molecule has 1 aliphatic rings. The van der Waals surface area contributed by atoms with Crippen LogP contribution in [0.5, 0.6) is 5.75 Å². The molecule has 0 aromatic heterocycles. The van der Waals surface area contributed by atoms with Crippen LogP contribution in [0, 0.1) is 11.7 Å². The van der Waals surface area contributed by atoms with E-state index in [9.17, 15) is 14.0 Å². The van der Waals surface area contributed by atoms with Crippen molar-refractivity contribution in [3.63, 3.8) is 0 Å². The summed E-state index contributed by atoms with van der Waals surface area (Å²) in [6, 6.07) is 20.1. The Morgan fingerprint density at radius 2 is 1.64 bits per heavy atom. The van der Waals surface area contributed by atoms with Crippen LogP contribution in [-0.4, -0.2) is 49.9 Å². The van der Waals surface area contributed by atoms with Crippen LogP contribution in [0.1, 0.15) is 33.6 Å². The first-order valence-corrected chi connectivity index (χ1v) is 11.8. The minimum Gasteiger partial charge on any atom is -0.497 e. The highest BCUT2D eigenvalue weighted by Crippen LogP contribution is 2.25. The normalized spacial score (nSPS) is 14.1. The van der Waals surface area contributed by atoms with Gasteiger partial charge in [-0.2, -0.15) is 0 Å². The molecule has 1 fully saturated rings. The summed E-state index contributed by atoms with van der Waals surface area (Å²) in [5.74, 6) is 0.228. The molecule has 1 amide bonds. The van der Waals surface area contributed by atoms with Gasteiger partial charge in [0, 0.05) is 47.6 Å². The van der Waals surface area contributed by atoms with Gasteiger partial charge in [0.1, 0.15) is 11.6 Å². The van der Waals surface area contributed by atoms with E-state index in [2.05, 4.69) is 4.90 Å². The van der Waals surface area contributed by atoms with Crippen molar-refractivity contribution in [1.82, 2.24) is 4.90 Å². The number of hydrogen-bond acceptors (Lipinski definition) is 5. The number of ketones is 1. The van der Waals surface area contributed by atoms with Crippen LogP contribution in [-0.2, 0) is 0 Å². The number of Topliss-reactive ketones (excluding diaryl/α,β-unsaturated/α-hetero) is 1. The Hall–Kier alpha value is -3.42. The van der Waals surface area contributed by atoms with E-state index in [0.717, 1.165) is 31.6 Å². The zero-order chi connectivity index (χ0) is 24.8. The van der Waals surface area contributed by atoms with Crippen LogP contribution in [0.25, 0.3) is 0 Å². The lowest BCUT2D eigenvalue weighted by Gasteiger charge is -2.33. The predicted octanol–water partition coefficient (Wildman–Crippen LogP) is 5.08. The topological polar surface area (TPSA) is 75.9 Å². The monoisotopic (exact) mass is 511 g/mol. The van der Waals surface area contributed by atoms with E-state index in [-0.39, 0.29) is 35.8 Å². The SMILES string of the molecule is COc1cccc(N(CCN2CCC(C(=O)c3ccc(F)cc3)CC2)C(=O)c2ccc(N)cc2)c1.Cl. The van der Waals surface area contributed by atoms with Gasteiger partial charge in [-0.1, -0.05) is 6.07 Å². The van der Waals surface area contributed by atoms with Crippen molar-refractivity contribution < 1.29 is 18.7 Å². The molecule has 0 atom stereocenters. The minimum absolute atomic E-state index is 0. The van der Waals surface area contributed by atoms with E-state index < -0.39 is 0 Å². The third kappa shape index (κ3) is 6.62. The summed E-state index contributed by atoms with van der Waals surface area (Å²) in [6.45, 7) is 2.70. The second kappa shape index (κ2) is 12.5. The highest BCUT2D eigenvalue weighted by atomic mass is 35.5. The highest BCUT2D eigenvalue weighted by Gasteiger charge is 2.27. The molecular formula is C28H31ClFN3O3. The Kier molecular flexibility index (Phi) is 9.44. The van der Waals surface area contributed by atoms with Crippen LogP contribution >= 0.6 is 12.4 Å². The van der Waals surface area contributed by atoms with Crippen molar-refractivity contribution in [3.8, 4) is 5.75 Å². The van der Waals surface area contributed by atoms with Crippen LogP contribution in [0.15, 0.2) is 72.8 Å². The first-order chi connectivity index (χ1) is 16.9. The van der Waals surface area contributed by atoms with Crippen molar-refractivity contribution in [2.24, 2.45) is 5.92 Å². The number of nitrogen functional groups attached to an aromatic ring is 1. The lowest BCUT2D eigenvalue weighted by atomic mass is 9.89. The molecule has 36 heavy (non-hydrogen) atoms. The molecule has 4 rings (SSSR count). The van der Waals surface area contributed by atoms with Crippen molar-refractivity contribution in [3.05, 3.63) is 89.7 Å². The van der Waals surface area contributed by atoms with Gasteiger partial charge in [0.2, 0.25) is 0 Å². The van der Waals surface area contributed by atoms with Gasteiger partial charge in [0.15, 0.2) is 5.78 Å². The highest BCUT2D eigenvalue weighted by molar-refractivity contribution is 6.06. The van der Waals surface area contributed by atoms with E-state index >= 15 is 0 Å². The molecular weight excluding hydrogens is 481 g/mol. The summed E-state index contributed by atoms with van der Waals surface area (Å²) in [4.78, 5) is 30.2. The number of methoxy groups -OCH3 is 1. The first-order valence-electron chi connectivity index (χ1n) is 11.8. The second-order valence-corrected chi connectivity index (χ2v) is 8.77. The maximum atomic E-state index is 13.4. The fourth-order valence-corrected chi connectivity index (χ4v) is 4.42. The van der Waals surface area contributed by atoms with E-state index in [4.69, 9.17) is 10.5 Å². The number of nitrogens with zero attached hydrogens (tertiary/aromatic N) is 2. The molecule has 190 valence electrons. The average molecular weight is 512 g/mol. The summed E-state index contributed by atoms with van der Waals surface area (Å²) in [5, 5.41) is 0. The Morgan fingerprint density at radius 3 is 2.28 bits per heavy atom. The molecule has 6 nitrogen and oxygen atoms in total. The number of carbonyl (C=O) groups is 2. The summed E-state index contributed by atoms with van der Waals surface area (Å²) in [6.07, 6.45) is 1.47. The predicted molar refractivity (Wildman–Crippen MR) is 143 cm³/mol. The van der Waals surface area contributed by atoms with E-state index in [1.165, 1.54) is 12.1 Å². The lowest BCUT2D eigenvalue weighted by Crippen LogP contribution is -2.42. The van der Waals surface area contributed by atoms with Gasteiger partial charge in [0.05, 0.1) is 7.11 Å². The number of ether oxygens (including phenoxy) is 1. The molecule has 1 saturated heterocycles. The van der Waals surface area contributed by atoms with Crippen LogP contribution in [0.4, 0.5) is 15.8 Å². The third-order valence-corrected chi connectivity index (χ3v) is 6.49. The molecule has 8 heteroatoms. The zero-order valence-electron chi connectivity index (χ0n) is 20.2. The molecule has 1 heterocycles. The fraction of sp³-hybridized carbons (Fsp3) is 0.286. The summed E-state index contributed by atoms with van der Waals surface area (Å²) >= 11 is 0. The smallest absolute Gasteiger partial charge is 0.258 e. The average Bonchev–Trinajstić information content (AvgIpc) is 2.89. The maximum absolute atomic E-state index is 13.4. The van der Waals surface area contributed by atoms with Gasteiger partial charge in [-0.25, -0.2) is 4.39 Å². The number of anilines is 2. The molecule has 0 radical (unpaired) electrons. The molecule has 3 aromatic rings. The minimum atomic E-state index is -0.342. The number of carbonyl (C=O) groups excluding carboxylic acids is 2. The number of rotatable bonds is 8. The zero-order valence-corrected chi connectivity index (χ0v) is 21.0. The number of piperidine rings is 1. The summed E-state index contributed by atoms with van der Waals surface area (Å²) in [5.41, 5.74) is 8.28. The van der Waals surface area contributed by atoms with Gasteiger partial charge in [-0.3, -0.25) is 9.59 Å². The van der Waals surface area contributed by atoms with Crippen molar-refractivity contribution in [2.45, 2.75) is 12.8 Å². The Balaban J connectivity index is 0.00000361. The molecule has 0 aliphatic carbocycles. The standard InChI is InChI=1S/C28H30FN3O3.ClH/c1-35-26-4-2-3-25(19-26)32(28(34)22-7-11-24(30)12-8-22)18-17-31-15-13-21(14-16-31)27(33)20-5-9-23(29)10-6-20;/h2-12,19,21H,13-18,30H2,1H3;1H. The maximum Gasteiger partial charge on any atom is 0.258 e. The molecule has 0 saturated carbocycles. The van der Waals surface area contributed by atoms with Crippen LogP contribution < -0.4 is 15.4 Å².